The fourth-order valence-electron chi connectivity index (χ4n) is 2.91. The van der Waals surface area contributed by atoms with Gasteiger partial charge in [0.2, 0.25) is 0 Å². The first kappa shape index (κ1) is 19.2. The Morgan fingerprint density at radius 1 is 1.35 bits per heavy atom. The lowest BCUT2D eigenvalue weighted by atomic mass is 9.72. The maximum atomic E-state index is 10.9. The SMILES string of the molecule is C=C(/C=C/C=C(C)/C=C/C1=C(C)CCCC1(C)C)C(C)C(=O)O. The molecule has 0 aromatic carbocycles. The number of aliphatic carboxylic acids is 1. The summed E-state index contributed by atoms with van der Waals surface area (Å²) >= 11 is 0. The van der Waals surface area contributed by atoms with Crippen LogP contribution in [-0.4, -0.2) is 11.1 Å². The van der Waals surface area contributed by atoms with E-state index in [4.69, 9.17) is 5.11 Å². The van der Waals surface area contributed by atoms with E-state index in [9.17, 15) is 4.79 Å². The van der Waals surface area contributed by atoms with E-state index in [1.165, 1.54) is 30.4 Å². The standard InChI is InChI=1S/C21H30O2/c1-15(9-7-10-16(2)18(4)20(22)23)12-13-19-17(3)11-8-14-21(19,5)6/h7,9-10,12-13,18H,2,8,11,14H2,1,3-6H3,(H,22,23)/b10-7+,13-12+,15-9+. The molecule has 0 amide bonds. The minimum absolute atomic E-state index is 0.250. The van der Waals surface area contributed by atoms with Crippen LogP contribution in [0.5, 0.6) is 0 Å². The quantitative estimate of drug-likeness (QED) is 0.624. The van der Waals surface area contributed by atoms with E-state index in [-0.39, 0.29) is 5.41 Å². The topological polar surface area (TPSA) is 37.3 Å². The van der Waals surface area contributed by atoms with Gasteiger partial charge in [-0.2, -0.15) is 0 Å². The largest absolute Gasteiger partial charge is 0.481 e. The fraction of sp³-hybridized carbons (Fsp3) is 0.476. The maximum Gasteiger partial charge on any atom is 0.310 e. The molecule has 1 rings (SSSR count). The van der Waals surface area contributed by atoms with E-state index < -0.39 is 11.9 Å². The predicted molar refractivity (Wildman–Crippen MR) is 98.3 cm³/mol. The minimum atomic E-state index is -0.845. The lowest BCUT2D eigenvalue weighted by molar-refractivity contribution is -0.139. The third-order valence-electron chi connectivity index (χ3n) is 4.65. The zero-order valence-electron chi connectivity index (χ0n) is 15.1. The average Bonchev–Trinajstić information content (AvgIpc) is 2.44. The molecule has 1 aliphatic rings. The molecule has 0 radical (unpaired) electrons. The van der Waals surface area contributed by atoms with E-state index in [2.05, 4.69) is 46.4 Å². The van der Waals surface area contributed by atoms with Gasteiger partial charge in [0, 0.05) is 0 Å². The average molecular weight is 314 g/mol. The van der Waals surface area contributed by atoms with Crippen LogP contribution in [-0.2, 0) is 4.79 Å². The molecule has 2 heteroatoms. The Morgan fingerprint density at radius 3 is 2.57 bits per heavy atom. The van der Waals surface area contributed by atoms with Crippen molar-refractivity contribution in [1.29, 1.82) is 0 Å². The summed E-state index contributed by atoms with van der Waals surface area (Å²) in [5, 5.41) is 8.94. The molecule has 1 atom stereocenters. The highest BCUT2D eigenvalue weighted by molar-refractivity contribution is 5.73. The molecule has 0 aromatic rings. The van der Waals surface area contributed by atoms with Crippen molar-refractivity contribution < 1.29 is 9.90 Å². The van der Waals surface area contributed by atoms with Crippen LogP contribution in [0.3, 0.4) is 0 Å². The number of hydrogen-bond donors (Lipinski definition) is 1. The highest BCUT2D eigenvalue weighted by Gasteiger charge is 2.26. The minimum Gasteiger partial charge on any atom is -0.481 e. The number of carboxylic acids is 1. The van der Waals surface area contributed by atoms with Gasteiger partial charge in [-0.3, -0.25) is 4.79 Å². The van der Waals surface area contributed by atoms with Crippen LogP contribution in [0.15, 0.2) is 59.3 Å². The van der Waals surface area contributed by atoms with Gasteiger partial charge in [-0.05, 0) is 56.6 Å². The maximum absolute atomic E-state index is 10.9. The van der Waals surface area contributed by atoms with Gasteiger partial charge in [-0.1, -0.05) is 62.0 Å². The summed E-state index contributed by atoms with van der Waals surface area (Å²) in [6, 6.07) is 0. The van der Waals surface area contributed by atoms with Gasteiger partial charge in [-0.15, -0.1) is 0 Å². The van der Waals surface area contributed by atoms with Crippen molar-refractivity contribution in [2.45, 2.75) is 53.9 Å². The molecule has 1 aliphatic carbocycles. The lowest BCUT2D eigenvalue weighted by Crippen LogP contribution is -2.19. The first-order chi connectivity index (χ1) is 10.6. The molecule has 0 heterocycles. The van der Waals surface area contributed by atoms with Crippen LogP contribution >= 0.6 is 0 Å². The number of allylic oxidation sites excluding steroid dienone is 8. The fourth-order valence-corrected chi connectivity index (χ4v) is 2.91. The second-order valence-corrected chi connectivity index (χ2v) is 7.17. The van der Waals surface area contributed by atoms with Crippen LogP contribution in [0.4, 0.5) is 0 Å². The van der Waals surface area contributed by atoms with E-state index in [1.54, 1.807) is 13.0 Å². The molecule has 0 aromatic heterocycles. The Balaban J connectivity index is 2.77. The molecule has 0 saturated heterocycles. The van der Waals surface area contributed by atoms with E-state index in [0.717, 1.165) is 5.57 Å². The van der Waals surface area contributed by atoms with Crippen LogP contribution in [0.1, 0.15) is 53.9 Å². The Bertz CT molecular complexity index is 583. The van der Waals surface area contributed by atoms with Crippen molar-refractivity contribution in [1.82, 2.24) is 0 Å². The first-order valence-corrected chi connectivity index (χ1v) is 8.30. The van der Waals surface area contributed by atoms with Crippen LogP contribution in [0.25, 0.3) is 0 Å². The molecular formula is C21H30O2. The van der Waals surface area contributed by atoms with Crippen molar-refractivity contribution in [3.05, 3.63) is 59.3 Å². The van der Waals surface area contributed by atoms with E-state index in [0.29, 0.717) is 5.57 Å². The summed E-state index contributed by atoms with van der Waals surface area (Å²) in [5.74, 6) is -1.39. The number of rotatable bonds is 6. The third-order valence-corrected chi connectivity index (χ3v) is 4.65. The third kappa shape index (κ3) is 5.70. The second-order valence-electron chi connectivity index (χ2n) is 7.17. The molecule has 1 unspecified atom stereocenters. The zero-order chi connectivity index (χ0) is 17.6. The molecule has 0 saturated carbocycles. The van der Waals surface area contributed by atoms with Gasteiger partial charge in [-0.25, -0.2) is 0 Å². The van der Waals surface area contributed by atoms with Gasteiger partial charge in [0.25, 0.3) is 0 Å². The van der Waals surface area contributed by atoms with Gasteiger partial charge in [0.15, 0.2) is 0 Å². The summed E-state index contributed by atoms with van der Waals surface area (Å²) in [5.41, 5.74) is 4.94. The van der Waals surface area contributed by atoms with Crippen molar-refractivity contribution in [3.8, 4) is 0 Å². The van der Waals surface area contributed by atoms with Gasteiger partial charge in [0.1, 0.15) is 0 Å². The predicted octanol–water partition coefficient (Wildman–Crippen LogP) is 5.85. The summed E-state index contributed by atoms with van der Waals surface area (Å²) < 4.78 is 0. The Labute approximate surface area is 141 Å². The molecule has 2 nitrogen and oxygen atoms in total. The molecule has 0 fully saturated rings. The smallest absolute Gasteiger partial charge is 0.310 e. The summed E-state index contributed by atoms with van der Waals surface area (Å²) in [6.45, 7) is 14.4. The molecular weight excluding hydrogens is 284 g/mol. The number of carbonyl (C=O) groups is 1. The number of carboxylic acid groups (broad SMARTS) is 1. The summed E-state index contributed by atoms with van der Waals surface area (Å²) in [7, 11) is 0. The Morgan fingerprint density at radius 2 is 2.00 bits per heavy atom. The number of hydrogen-bond acceptors (Lipinski definition) is 1. The van der Waals surface area contributed by atoms with Crippen molar-refractivity contribution >= 4 is 5.97 Å². The molecule has 0 bridgehead atoms. The van der Waals surface area contributed by atoms with Crippen LogP contribution < -0.4 is 0 Å². The molecule has 126 valence electrons. The van der Waals surface area contributed by atoms with Gasteiger partial charge in [0.05, 0.1) is 5.92 Å². The lowest BCUT2D eigenvalue weighted by Gasteiger charge is -2.32. The normalized spacial score (nSPS) is 20.3. The first-order valence-electron chi connectivity index (χ1n) is 8.30. The highest BCUT2D eigenvalue weighted by atomic mass is 16.4. The molecule has 0 spiro atoms. The molecule has 0 aliphatic heterocycles. The Kier molecular flexibility index (Phi) is 6.80. The van der Waals surface area contributed by atoms with Crippen molar-refractivity contribution in [2.75, 3.05) is 0 Å². The van der Waals surface area contributed by atoms with Crippen LogP contribution in [0.2, 0.25) is 0 Å². The highest BCUT2D eigenvalue weighted by Crippen LogP contribution is 2.40. The molecule has 23 heavy (non-hydrogen) atoms. The second kappa shape index (κ2) is 8.14. The van der Waals surface area contributed by atoms with Crippen molar-refractivity contribution in [2.24, 2.45) is 11.3 Å². The Hall–Kier alpha value is -1.83. The summed E-state index contributed by atoms with van der Waals surface area (Å²) in [4.78, 5) is 10.9. The van der Waals surface area contributed by atoms with Crippen molar-refractivity contribution in [3.63, 3.8) is 0 Å². The van der Waals surface area contributed by atoms with E-state index >= 15 is 0 Å². The molecule has 1 N–H and O–H groups in total. The van der Waals surface area contributed by atoms with E-state index in [1.807, 2.05) is 12.2 Å². The summed E-state index contributed by atoms with van der Waals surface area (Å²) in [6.07, 6.45) is 13.7. The monoisotopic (exact) mass is 314 g/mol. The van der Waals surface area contributed by atoms with Gasteiger partial charge < -0.3 is 5.11 Å². The van der Waals surface area contributed by atoms with Gasteiger partial charge >= 0.3 is 5.97 Å². The zero-order valence-corrected chi connectivity index (χ0v) is 15.1. The van der Waals surface area contributed by atoms with Crippen LogP contribution in [0, 0.1) is 11.3 Å².